The van der Waals surface area contributed by atoms with Crippen LogP contribution < -0.4 is 10.6 Å². The van der Waals surface area contributed by atoms with Crippen molar-refractivity contribution in [3.63, 3.8) is 0 Å². The average molecular weight is 200 g/mol. The summed E-state index contributed by atoms with van der Waals surface area (Å²) in [5, 5.41) is 14.9. The lowest BCUT2D eigenvalue weighted by Crippen LogP contribution is -2.37. The van der Waals surface area contributed by atoms with E-state index in [2.05, 4.69) is 17.6 Å². The highest BCUT2D eigenvalue weighted by Gasteiger charge is 2.19. The molecular weight excluding hydrogens is 180 g/mol. The number of hydrogen-bond donors (Lipinski definition) is 3. The molecule has 1 saturated heterocycles. The fraction of sp³-hybridized carbons (Fsp3) is 0.900. The van der Waals surface area contributed by atoms with Gasteiger partial charge in [0.05, 0.1) is 0 Å². The van der Waals surface area contributed by atoms with Crippen LogP contribution in [0.2, 0.25) is 0 Å². The molecule has 1 aliphatic heterocycles. The van der Waals surface area contributed by atoms with Gasteiger partial charge in [0.15, 0.2) is 0 Å². The van der Waals surface area contributed by atoms with Crippen molar-refractivity contribution in [3.05, 3.63) is 0 Å². The summed E-state index contributed by atoms with van der Waals surface area (Å²) in [6.45, 7) is 4.12. The van der Waals surface area contributed by atoms with Crippen molar-refractivity contribution in [2.24, 2.45) is 5.92 Å². The normalized spacial score (nSPS) is 23.6. The van der Waals surface area contributed by atoms with Gasteiger partial charge in [-0.1, -0.05) is 6.92 Å². The number of aliphatic hydroxyl groups is 1. The molecular formula is C10H20N2O2. The number of amides is 1. The van der Waals surface area contributed by atoms with Crippen LogP contribution in [0.5, 0.6) is 0 Å². The smallest absolute Gasteiger partial charge is 0.220 e. The van der Waals surface area contributed by atoms with Crippen LogP contribution in [0.25, 0.3) is 0 Å². The van der Waals surface area contributed by atoms with Crippen molar-refractivity contribution in [3.8, 4) is 0 Å². The van der Waals surface area contributed by atoms with Gasteiger partial charge in [-0.15, -0.1) is 0 Å². The van der Waals surface area contributed by atoms with Crippen LogP contribution in [0.4, 0.5) is 0 Å². The predicted molar refractivity (Wildman–Crippen MR) is 54.9 cm³/mol. The van der Waals surface area contributed by atoms with E-state index >= 15 is 0 Å². The lowest BCUT2D eigenvalue weighted by molar-refractivity contribution is -0.119. The number of carbonyl (C=O) groups is 1. The standard InChI is InChI=1S/C10H20N2O2/c1-8(4-5-13)6-11-7-9-2-3-10(14)12-9/h8-9,11,13H,2-7H2,1H3,(H,12,14). The van der Waals surface area contributed by atoms with Gasteiger partial charge in [0.2, 0.25) is 5.91 Å². The molecule has 1 amide bonds. The van der Waals surface area contributed by atoms with Gasteiger partial charge in [-0.05, 0) is 25.3 Å². The third kappa shape index (κ3) is 4.07. The first-order valence-corrected chi connectivity index (χ1v) is 5.33. The summed E-state index contributed by atoms with van der Waals surface area (Å²) in [4.78, 5) is 10.9. The van der Waals surface area contributed by atoms with E-state index in [4.69, 9.17) is 5.11 Å². The number of carbonyl (C=O) groups excluding carboxylic acids is 1. The molecule has 4 nitrogen and oxygen atoms in total. The monoisotopic (exact) mass is 200 g/mol. The second kappa shape index (κ2) is 5.98. The molecule has 0 aromatic rings. The molecule has 1 aliphatic rings. The number of hydrogen-bond acceptors (Lipinski definition) is 3. The lowest BCUT2D eigenvalue weighted by atomic mass is 10.1. The molecule has 0 bridgehead atoms. The molecule has 0 spiro atoms. The minimum Gasteiger partial charge on any atom is -0.396 e. The predicted octanol–water partition coefficient (Wildman–Crippen LogP) is -0.127. The van der Waals surface area contributed by atoms with E-state index in [0.29, 0.717) is 18.4 Å². The van der Waals surface area contributed by atoms with Crippen LogP contribution >= 0.6 is 0 Å². The maximum absolute atomic E-state index is 10.9. The third-order valence-corrected chi connectivity index (χ3v) is 2.59. The molecule has 0 aromatic carbocycles. The first-order chi connectivity index (χ1) is 6.72. The van der Waals surface area contributed by atoms with Gasteiger partial charge in [-0.25, -0.2) is 0 Å². The second-order valence-electron chi connectivity index (χ2n) is 4.08. The topological polar surface area (TPSA) is 61.4 Å². The number of nitrogens with one attached hydrogen (secondary N) is 2. The van der Waals surface area contributed by atoms with E-state index in [1.807, 2.05) is 0 Å². The zero-order valence-electron chi connectivity index (χ0n) is 8.75. The Morgan fingerprint density at radius 3 is 3.07 bits per heavy atom. The number of rotatable bonds is 6. The van der Waals surface area contributed by atoms with E-state index in [0.717, 1.165) is 25.9 Å². The summed E-state index contributed by atoms with van der Waals surface area (Å²) in [5.74, 6) is 0.664. The van der Waals surface area contributed by atoms with Crippen LogP contribution in [0.3, 0.4) is 0 Å². The Kier molecular flexibility index (Phi) is 4.90. The Morgan fingerprint density at radius 1 is 1.71 bits per heavy atom. The molecule has 82 valence electrons. The summed E-state index contributed by atoms with van der Waals surface area (Å²) in [5.41, 5.74) is 0. The van der Waals surface area contributed by atoms with Gasteiger partial charge >= 0.3 is 0 Å². The van der Waals surface area contributed by atoms with Gasteiger partial charge in [0.1, 0.15) is 0 Å². The van der Waals surface area contributed by atoms with Gasteiger partial charge in [0, 0.05) is 25.6 Å². The third-order valence-electron chi connectivity index (χ3n) is 2.59. The van der Waals surface area contributed by atoms with Crippen LogP contribution in [0.15, 0.2) is 0 Å². The van der Waals surface area contributed by atoms with E-state index in [1.165, 1.54) is 0 Å². The minimum atomic E-state index is 0.167. The zero-order valence-corrected chi connectivity index (χ0v) is 8.75. The van der Waals surface area contributed by atoms with Crippen LogP contribution in [0.1, 0.15) is 26.2 Å². The maximum atomic E-state index is 10.9. The van der Waals surface area contributed by atoms with Crippen LogP contribution in [-0.4, -0.2) is 36.8 Å². The van der Waals surface area contributed by atoms with Crippen LogP contribution in [0, 0.1) is 5.92 Å². The Hall–Kier alpha value is -0.610. The summed E-state index contributed by atoms with van der Waals surface area (Å²) in [6.07, 6.45) is 2.45. The van der Waals surface area contributed by atoms with Crippen molar-refractivity contribution in [1.29, 1.82) is 0 Å². The first-order valence-electron chi connectivity index (χ1n) is 5.33. The fourth-order valence-corrected chi connectivity index (χ4v) is 1.66. The first kappa shape index (κ1) is 11.5. The number of aliphatic hydroxyl groups excluding tert-OH is 1. The fourth-order valence-electron chi connectivity index (χ4n) is 1.66. The molecule has 1 rings (SSSR count). The quantitative estimate of drug-likeness (QED) is 0.560. The Labute approximate surface area is 85.1 Å². The van der Waals surface area contributed by atoms with Gasteiger partial charge in [0.25, 0.3) is 0 Å². The molecule has 2 atom stereocenters. The highest BCUT2D eigenvalue weighted by Crippen LogP contribution is 2.05. The molecule has 14 heavy (non-hydrogen) atoms. The molecule has 0 saturated carbocycles. The molecule has 0 radical (unpaired) electrons. The van der Waals surface area contributed by atoms with E-state index in [-0.39, 0.29) is 12.5 Å². The Balaban J connectivity index is 2.01. The molecule has 0 aliphatic carbocycles. The van der Waals surface area contributed by atoms with Gasteiger partial charge in [-0.3, -0.25) is 4.79 Å². The van der Waals surface area contributed by atoms with E-state index in [9.17, 15) is 4.79 Å². The summed E-state index contributed by atoms with van der Waals surface area (Å²) >= 11 is 0. The molecule has 1 fully saturated rings. The van der Waals surface area contributed by atoms with Gasteiger partial charge in [-0.2, -0.15) is 0 Å². The minimum absolute atomic E-state index is 0.167. The largest absolute Gasteiger partial charge is 0.396 e. The molecule has 4 heteroatoms. The van der Waals surface area contributed by atoms with Crippen molar-refractivity contribution in [2.75, 3.05) is 19.7 Å². The lowest BCUT2D eigenvalue weighted by Gasteiger charge is -2.14. The molecule has 0 aromatic heterocycles. The highest BCUT2D eigenvalue weighted by atomic mass is 16.3. The summed E-state index contributed by atoms with van der Waals surface area (Å²) in [7, 11) is 0. The maximum Gasteiger partial charge on any atom is 0.220 e. The molecule has 3 N–H and O–H groups in total. The Bertz CT molecular complexity index is 185. The van der Waals surface area contributed by atoms with Crippen molar-refractivity contribution >= 4 is 5.91 Å². The summed E-state index contributed by atoms with van der Waals surface area (Å²) < 4.78 is 0. The van der Waals surface area contributed by atoms with Crippen molar-refractivity contribution < 1.29 is 9.90 Å². The van der Waals surface area contributed by atoms with Crippen molar-refractivity contribution in [2.45, 2.75) is 32.2 Å². The average Bonchev–Trinajstić information content (AvgIpc) is 2.52. The van der Waals surface area contributed by atoms with Gasteiger partial charge < -0.3 is 15.7 Å². The Morgan fingerprint density at radius 2 is 2.50 bits per heavy atom. The SMILES string of the molecule is CC(CCO)CNCC1CCC(=O)N1. The molecule has 2 unspecified atom stereocenters. The van der Waals surface area contributed by atoms with E-state index < -0.39 is 0 Å². The second-order valence-corrected chi connectivity index (χ2v) is 4.08. The van der Waals surface area contributed by atoms with Crippen molar-refractivity contribution in [1.82, 2.24) is 10.6 Å². The molecule has 1 heterocycles. The highest BCUT2D eigenvalue weighted by molar-refractivity contribution is 5.78. The zero-order chi connectivity index (χ0) is 10.4. The van der Waals surface area contributed by atoms with E-state index in [1.54, 1.807) is 0 Å². The summed E-state index contributed by atoms with van der Waals surface area (Å²) in [6, 6.07) is 0.309. The van der Waals surface area contributed by atoms with Crippen LogP contribution in [-0.2, 0) is 4.79 Å².